The quantitative estimate of drug-likeness (QED) is 0.0943. The number of piperazine rings is 2. The molecule has 2 amide bonds. The molecule has 1 aromatic heterocycles. The lowest BCUT2D eigenvalue weighted by molar-refractivity contribution is -0.145. The summed E-state index contributed by atoms with van der Waals surface area (Å²) in [5, 5.41) is 0. The van der Waals surface area contributed by atoms with Crippen LogP contribution in [-0.4, -0.2) is 89.9 Å². The van der Waals surface area contributed by atoms with Gasteiger partial charge >= 0.3 is 6.18 Å². The third kappa shape index (κ3) is 10.7. The fraction of sp³-hybridized carbons (Fsp3) is 0.277. The zero-order valence-electron chi connectivity index (χ0n) is 32.7. The van der Waals surface area contributed by atoms with E-state index in [9.17, 15) is 22.8 Å². The molecule has 4 aromatic carbocycles. The molecular formula is C47H46F3N7O2. The Labute approximate surface area is 343 Å². The van der Waals surface area contributed by atoms with Crippen LogP contribution in [0.3, 0.4) is 0 Å². The molecule has 2 aliphatic rings. The maximum Gasteiger partial charge on any atom is 0.416 e. The van der Waals surface area contributed by atoms with E-state index in [0.29, 0.717) is 37.4 Å². The number of anilines is 2. The van der Waals surface area contributed by atoms with Crippen molar-refractivity contribution in [1.29, 1.82) is 0 Å². The summed E-state index contributed by atoms with van der Waals surface area (Å²) >= 11 is 0. The Morgan fingerprint density at radius 1 is 0.729 bits per heavy atom. The Bertz CT molecular complexity index is 2210. The summed E-state index contributed by atoms with van der Waals surface area (Å²) in [6, 6.07) is 34.9. The second-order valence-corrected chi connectivity index (χ2v) is 14.8. The van der Waals surface area contributed by atoms with E-state index in [1.165, 1.54) is 29.8 Å². The second-order valence-electron chi connectivity index (χ2n) is 14.8. The van der Waals surface area contributed by atoms with Gasteiger partial charge in [-0.15, -0.1) is 0 Å². The van der Waals surface area contributed by atoms with Crippen molar-refractivity contribution in [3.63, 3.8) is 0 Å². The summed E-state index contributed by atoms with van der Waals surface area (Å²) in [5.74, 6) is 0.330. The average Bonchev–Trinajstić information content (AvgIpc) is 3.28. The van der Waals surface area contributed by atoms with Crippen molar-refractivity contribution in [3.8, 4) is 0 Å². The van der Waals surface area contributed by atoms with Crippen LogP contribution in [0.1, 0.15) is 27.8 Å². The van der Waals surface area contributed by atoms with Crippen LogP contribution < -0.4 is 9.80 Å². The standard InChI is InChI=1S/C47H46F3N7O2/c1-51-41-19-12-37(13-20-41)33-43(46(59)56-27-25-53(26-28-56)34-38-7-3-2-4-8-38)57(45(58)23-16-36-10-17-40(18-11-36)47(48,49)50)35-39-14-21-42(22-15-39)54-29-31-55(32-30-54)44-9-5-6-24-52-44/h2-24,43H,25-35H2/b23-16+/t43-/m0/s1. The zero-order chi connectivity index (χ0) is 41.2. The van der Waals surface area contributed by atoms with E-state index in [-0.39, 0.29) is 18.9 Å². The molecule has 12 heteroatoms. The summed E-state index contributed by atoms with van der Waals surface area (Å²) < 4.78 is 39.8. The third-order valence-electron chi connectivity index (χ3n) is 10.9. The lowest BCUT2D eigenvalue weighted by Crippen LogP contribution is -2.56. The van der Waals surface area contributed by atoms with E-state index in [2.05, 4.69) is 36.7 Å². The predicted molar refractivity (Wildman–Crippen MR) is 225 cm³/mol. The van der Waals surface area contributed by atoms with Crippen molar-refractivity contribution >= 4 is 35.1 Å². The van der Waals surface area contributed by atoms with Gasteiger partial charge in [0.1, 0.15) is 11.9 Å². The van der Waals surface area contributed by atoms with E-state index in [0.717, 1.165) is 67.5 Å². The average molecular weight is 798 g/mol. The molecule has 1 atom stereocenters. The normalized spacial score (nSPS) is 15.5. The monoisotopic (exact) mass is 797 g/mol. The zero-order valence-corrected chi connectivity index (χ0v) is 32.7. The maximum absolute atomic E-state index is 14.7. The Balaban J connectivity index is 1.14. The number of pyridine rings is 1. The maximum atomic E-state index is 14.7. The predicted octanol–water partition coefficient (Wildman–Crippen LogP) is 7.98. The van der Waals surface area contributed by atoms with Crippen LogP contribution in [0.5, 0.6) is 0 Å². The molecule has 5 aromatic rings. The van der Waals surface area contributed by atoms with Gasteiger partial charge in [-0.25, -0.2) is 9.83 Å². The number of halogens is 3. The van der Waals surface area contributed by atoms with Crippen LogP contribution in [0, 0.1) is 6.57 Å². The molecule has 0 bridgehead atoms. The first kappa shape index (κ1) is 40.7. The largest absolute Gasteiger partial charge is 0.416 e. The Kier molecular flexibility index (Phi) is 13.0. The van der Waals surface area contributed by atoms with Gasteiger partial charge in [0.2, 0.25) is 11.8 Å². The number of hydrogen-bond acceptors (Lipinski definition) is 6. The fourth-order valence-corrected chi connectivity index (χ4v) is 7.57. The molecule has 59 heavy (non-hydrogen) atoms. The van der Waals surface area contributed by atoms with Crippen LogP contribution in [0.15, 0.2) is 134 Å². The summed E-state index contributed by atoms with van der Waals surface area (Å²) in [6.45, 7) is 13.9. The molecular weight excluding hydrogens is 752 g/mol. The second kappa shape index (κ2) is 18.9. The van der Waals surface area contributed by atoms with Crippen LogP contribution in [0.4, 0.5) is 30.4 Å². The SMILES string of the molecule is [C-]#[N+]c1ccc(C[C@@H](C(=O)N2CCN(Cc3ccccc3)CC2)N(Cc2ccc(N3CCN(c4ccccn4)CC3)cc2)C(=O)/C=C/c2ccc(C(F)(F)F)cc2)cc1. The van der Waals surface area contributed by atoms with Crippen molar-refractivity contribution in [2.75, 3.05) is 62.2 Å². The minimum Gasteiger partial charge on any atom is -0.368 e. The molecule has 2 aliphatic heterocycles. The van der Waals surface area contributed by atoms with Gasteiger partial charge in [0.25, 0.3) is 0 Å². The minimum atomic E-state index is -4.48. The van der Waals surface area contributed by atoms with E-state index in [1.54, 1.807) is 23.2 Å². The van der Waals surface area contributed by atoms with Gasteiger partial charge in [0.05, 0.1) is 12.1 Å². The van der Waals surface area contributed by atoms with Crippen molar-refractivity contribution in [2.24, 2.45) is 0 Å². The van der Waals surface area contributed by atoms with E-state index >= 15 is 0 Å². The summed E-state index contributed by atoms with van der Waals surface area (Å²) in [7, 11) is 0. The first-order valence-corrected chi connectivity index (χ1v) is 19.8. The Morgan fingerprint density at radius 3 is 2.00 bits per heavy atom. The van der Waals surface area contributed by atoms with Crippen molar-refractivity contribution < 1.29 is 22.8 Å². The Hall–Kier alpha value is -6.45. The molecule has 0 saturated carbocycles. The number of rotatable bonds is 12. The van der Waals surface area contributed by atoms with Gasteiger partial charge in [-0.1, -0.05) is 84.9 Å². The molecule has 0 radical (unpaired) electrons. The number of carbonyl (C=O) groups is 2. The molecule has 7 rings (SSSR count). The molecule has 0 N–H and O–H groups in total. The van der Waals surface area contributed by atoms with Crippen molar-refractivity contribution in [2.45, 2.75) is 31.7 Å². The summed E-state index contributed by atoms with van der Waals surface area (Å²) in [4.78, 5) is 47.4. The molecule has 3 heterocycles. The number of nitrogens with zero attached hydrogens (tertiary/aromatic N) is 7. The first-order valence-electron chi connectivity index (χ1n) is 19.8. The van der Waals surface area contributed by atoms with Gasteiger partial charge in [-0.2, -0.15) is 13.2 Å². The van der Waals surface area contributed by atoms with Crippen LogP contribution >= 0.6 is 0 Å². The molecule has 9 nitrogen and oxygen atoms in total. The van der Waals surface area contributed by atoms with E-state index in [1.807, 2.05) is 77.7 Å². The van der Waals surface area contributed by atoms with Gasteiger partial charge in [-0.05, 0) is 64.7 Å². The molecule has 2 fully saturated rings. The topological polar surface area (TPSA) is 67.6 Å². The lowest BCUT2D eigenvalue weighted by atomic mass is 10.0. The number of alkyl halides is 3. The van der Waals surface area contributed by atoms with Crippen molar-refractivity contribution in [1.82, 2.24) is 19.7 Å². The fourth-order valence-electron chi connectivity index (χ4n) is 7.57. The van der Waals surface area contributed by atoms with Crippen LogP contribution in [-0.2, 0) is 35.3 Å². The molecule has 2 saturated heterocycles. The molecule has 0 unspecified atom stereocenters. The van der Waals surface area contributed by atoms with Gasteiger partial charge in [-0.3, -0.25) is 14.5 Å². The summed E-state index contributed by atoms with van der Waals surface area (Å²) in [5.41, 5.74) is 3.98. The number of aromatic nitrogens is 1. The van der Waals surface area contributed by atoms with E-state index < -0.39 is 23.7 Å². The Morgan fingerprint density at radius 2 is 1.37 bits per heavy atom. The summed E-state index contributed by atoms with van der Waals surface area (Å²) in [6.07, 6.45) is 0.345. The molecule has 0 aliphatic carbocycles. The smallest absolute Gasteiger partial charge is 0.368 e. The van der Waals surface area contributed by atoms with Gasteiger partial charge in [0, 0.05) is 89.8 Å². The third-order valence-corrected chi connectivity index (χ3v) is 10.9. The highest BCUT2D eigenvalue weighted by molar-refractivity contribution is 5.96. The minimum absolute atomic E-state index is 0.119. The number of hydrogen-bond donors (Lipinski definition) is 0. The van der Waals surface area contributed by atoms with Gasteiger partial charge in [0.15, 0.2) is 5.69 Å². The highest BCUT2D eigenvalue weighted by atomic mass is 19.4. The van der Waals surface area contributed by atoms with E-state index in [4.69, 9.17) is 6.57 Å². The van der Waals surface area contributed by atoms with Crippen LogP contribution in [0.2, 0.25) is 0 Å². The number of amides is 2. The molecule has 302 valence electrons. The lowest BCUT2D eigenvalue weighted by Gasteiger charge is -2.39. The number of benzene rings is 4. The van der Waals surface area contributed by atoms with Crippen molar-refractivity contribution in [3.05, 3.63) is 173 Å². The highest BCUT2D eigenvalue weighted by Crippen LogP contribution is 2.29. The first-order chi connectivity index (χ1) is 28.6. The van der Waals surface area contributed by atoms with Crippen LogP contribution in [0.25, 0.3) is 10.9 Å². The molecule has 0 spiro atoms. The van der Waals surface area contributed by atoms with Gasteiger partial charge < -0.3 is 19.6 Å². The highest BCUT2D eigenvalue weighted by Gasteiger charge is 2.34. The number of carbonyl (C=O) groups excluding carboxylic acids is 2.